The average molecular weight is 265 g/mol. The van der Waals surface area contributed by atoms with Crippen LogP contribution in [0.2, 0.25) is 5.02 Å². The molecule has 1 aromatic carbocycles. The van der Waals surface area contributed by atoms with E-state index in [0.717, 1.165) is 5.69 Å². The molecule has 2 aromatic rings. The molecule has 0 aliphatic heterocycles. The minimum absolute atomic E-state index is 0.422. The van der Waals surface area contributed by atoms with Crippen LogP contribution in [0.4, 0.5) is 17.3 Å². The summed E-state index contributed by atoms with van der Waals surface area (Å²) in [5.41, 5.74) is 6.47. The quantitative estimate of drug-likeness (QED) is 0.892. The Hall–Kier alpha value is -2.01. The number of nitrogens with zero attached hydrogens (tertiary/aromatic N) is 2. The van der Waals surface area contributed by atoms with E-state index in [9.17, 15) is 0 Å². The Morgan fingerprint density at radius 2 is 2.06 bits per heavy atom. The summed E-state index contributed by atoms with van der Waals surface area (Å²) in [4.78, 5) is 8.24. The van der Waals surface area contributed by atoms with Crippen LogP contribution in [0.25, 0.3) is 0 Å². The van der Waals surface area contributed by atoms with Gasteiger partial charge in [0.1, 0.15) is 23.2 Å². The van der Waals surface area contributed by atoms with Gasteiger partial charge in [0.2, 0.25) is 0 Å². The summed E-state index contributed by atoms with van der Waals surface area (Å²) >= 11 is 5.95. The van der Waals surface area contributed by atoms with Crippen LogP contribution < -0.4 is 15.8 Å². The third-order valence-corrected chi connectivity index (χ3v) is 2.59. The van der Waals surface area contributed by atoms with Crippen LogP contribution >= 0.6 is 11.6 Å². The van der Waals surface area contributed by atoms with Gasteiger partial charge in [0.05, 0.1) is 12.1 Å². The summed E-state index contributed by atoms with van der Waals surface area (Å²) in [5, 5.41) is 3.67. The zero-order valence-corrected chi connectivity index (χ0v) is 10.8. The highest BCUT2D eigenvalue weighted by molar-refractivity contribution is 6.32. The third kappa shape index (κ3) is 2.81. The van der Waals surface area contributed by atoms with Gasteiger partial charge >= 0.3 is 0 Å². The van der Waals surface area contributed by atoms with Gasteiger partial charge in [-0.2, -0.15) is 0 Å². The second kappa shape index (κ2) is 5.10. The van der Waals surface area contributed by atoms with Crippen molar-refractivity contribution >= 4 is 28.9 Å². The first-order valence-corrected chi connectivity index (χ1v) is 5.68. The molecule has 1 heterocycles. The van der Waals surface area contributed by atoms with Gasteiger partial charge in [-0.25, -0.2) is 9.97 Å². The number of hydrogen-bond acceptors (Lipinski definition) is 5. The molecule has 0 saturated heterocycles. The summed E-state index contributed by atoms with van der Waals surface area (Å²) < 4.78 is 5.14. The molecule has 0 bridgehead atoms. The summed E-state index contributed by atoms with van der Waals surface area (Å²) in [5.74, 6) is 2.26. The summed E-state index contributed by atoms with van der Waals surface area (Å²) in [6.45, 7) is 1.78. The van der Waals surface area contributed by atoms with Crippen molar-refractivity contribution in [2.75, 3.05) is 18.2 Å². The van der Waals surface area contributed by atoms with Crippen molar-refractivity contribution in [3.05, 3.63) is 35.1 Å². The fourth-order valence-electron chi connectivity index (χ4n) is 1.54. The Kier molecular flexibility index (Phi) is 3.53. The SMILES string of the molecule is COc1cc(Nc2cc(N)nc(C)n2)ccc1Cl. The van der Waals surface area contributed by atoms with Gasteiger partial charge in [-0.15, -0.1) is 0 Å². The monoisotopic (exact) mass is 264 g/mol. The molecule has 0 aliphatic carbocycles. The molecular weight excluding hydrogens is 252 g/mol. The van der Waals surface area contributed by atoms with E-state index in [1.165, 1.54) is 0 Å². The molecule has 0 aliphatic rings. The first-order valence-electron chi connectivity index (χ1n) is 5.30. The fourth-order valence-corrected chi connectivity index (χ4v) is 1.73. The molecule has 94 valence electrons. The fraction of sp³-hybridized carbons (Fsp3) is 0.167. The van der Waals surface area contributed by atoms with Crippen LogP contribution in [-0.2, 0) is 0 Å². The number of nitrogens with one attached hydrogen (secondary N) is 1. The lowest BCUT2D eigenvalue weighted by molar-refractivity contribution is 0.415. The molecule has 2 rings (SSSR count). The molecule has 0 atom stereocenters. The summed E-state index contributed by atoms with van der Waals surface area (Å²) in [6.07, 6.45) is 0. The lowest BCUT2D eigenvalue weighted by Crippen LogP contribution is -2.00. The molecular formula is C12H13ClN4O. The Labute approximate surface area is 110 Å². The smallest absolute Gasteiger partial charge is 0.139 e. The van der Waals surface area contributed by atoms with Gasteiger partial charge in [0.25, 0.3) is 0 Å². The normalized spacial score (nSPS) is 10.2. The van der Waals surface area contributed by atoms with E-state index in [-0.39, 0.29) is 0 Å². The highest BCUT2D eigenvalue weighted by Gasteiger charge is 2.04. The number of methoxy groups -OCH3 is 1. The average Bonchev–Trinajstić information content (AvgIpc) is 2.30. The Morgan fingerprint density at radius 3 is 2.72 bits per heavy atom. The first-order chi connectivity index (χ1) is 8.58. The van der Waals surface area contributed by atoms with Crippen LogP contribution in [0, 0.1) is 6.92 Å². The summed E-state index contributed by atoms with van der Waals surface area (Å²) in [7, 11) is 1.57. The molecule has 1 aromatic heterocycles. The van der Waals surface area contributed by atoms with Crippen LogP contribution in [0.1, 0.15) is 5.82 Å². The minimum Gasteiger partial charge on any atom is -0.495 e. The van der Waals surface area contributed by atoms with Crippen molar-refractivity contribution in [3.8, 4) is 5.75 Å². The first kappa shape index (κ1) is 12.4. The number of ether oxygens (including phenoxy) is 1. The Balaban J connectivity index is 2.28. The highest BCUT2D eigenvalue weighted by atomic mass is 35.5. The number of nitrogens with two attached hydrogens (primary N) is 1. The van der Waals surface area contributed by atoms with E-state index in [0.29, 0.717) is 28.2 Å². The Morgan fingerprint density at radius 1 is 1.28 bits per heavy atom. The van der Waals surface area contributed by atoms with Crippen LogP contribution in [0.3, 0.4) is 0 Å². The largest absolute Gasteiger partial charge is 0.495 e. The lowest BCUT2D eigenvalue weighted by Gasteiger charge is -2.09. The van der Waals surface area contributed by atoms with E-state index in [1.54, 1.807) is 32.2 Å². The predicted octanol–water partition coefficient (Wildman–Crippen LogP) is 2.77. The molecule has 6 heteroatoms. The molecule has 0 unspecified atom stereocenters. The van der Waals surface area contributed by atoms with E-state index in [4.69, 9.17) is 22.1 Å². The molecule has 18 heavy (non-hydrogen) atoms. The number of aromatic nitrogens is 2. The van der Waals surface area contributed by atoms with Gasteiger partial charge in [0, 0.05) is 17.8 Å². The number of anilines is 3. The summed E-state index contributed by atoms with van der Waals surface area (Å²) in [6, 6.07) is 7.03. The van der Waals surface area contributed by atoms with Gasteiger partial charge in [-0.1, -0.05) is 11.6 Å². The third-order valence-electron chi connectivity index (χ3n) is 2.28. The molecule has 0 saturated carbocycles. The van der Waals surface area contributed by atoms with Gasteiger partial charge < -0.3 is 15.8 Å². The van der Waals surface area contributed by atoms with Gasteiger partial charge in [-0.05, 0) is 19.1 Å². The van der Waals surface area contributed by atoms with Gasteiger partial charge in [-0.3, -0.25) is 0 Å². The van der Waals surface area contributed by atoms with E-state index >= 15 is 0 Å². The zero-order valence-electron chi connectivity index (χ0n) is 10.1. The predicted molar refractivity (Wildman–Crippen MR) is 72.5 cm³/mol. The molecule has 5 nitrogen and oxygen atoms in total. The standard InChI is InChI=1S/C12H13ClN4O/c1-7-15-11(14)6-12(16-7)17-8-3-4-9(13)10(5-8)18-2/h3-6H,1-2H3,(H3,14,15,16,17). The second-order valence-corrected chi connectivity index (χ2v) is 4.11. The Bertz CT molecular complexity index is 554. The van der Waals surface area contributed by atoms with E-state index in [1.807, 2.05) is 6.07 Å². The van der Waals surface area contributed by atoms with Crippen molar-refractivity contribution in [2.45, 2.75) is 6.92 Å². The van der Waals surface area contributed by atoms with Crippen molar-refractivity contribution in [2.24, 2.45) is 0 Å². The number of rotatable bonds is 3. The highest BCUT2D eigenvalue weighted by Crippen LogP contribution is 2.28. The lowest BCUT2D eigenvalue weighted by atomic mass is 10.3. The topological polar surface area (TPSA) is 73.1 Å². The molecule has 0 spiro atoms. The number of aryl methyl sites for hydroxylation is 1. The van der Waals surface area contributed by atoms with Crippen molar-refractivity contribution in [3.63, 3.8) is 0 Å². The van der Waals surface area contributed by atoms with Crippen molar-refractivity contribution < 1.29 is 4.74 Å². The van der Waals surface area contributed by atoms with Crippen molar-refractivity contribution in [1.29, 1.82) is 0 Å². The number of nitrogen functional groups attached to an aromatic ring is 1. The number of halogens is 1. The maximum absolute atomic E-state index is 5.95. The van der Waals surface area contributed by atoms with Crippen LogP contribution in [0.5, 0.6) is 5.75 Å². The van der Waals surface area contributed by atoms with E-state index in [2.05, 4.69) is 15.3 Å². The van der Waals surface area contributed by atoms with E-state index < -0.39 is 0 Å². The number of benzene rings is 1. The van der Waals surface area contributed by atoms with Gasteiger partial charge in [0.15, 0.2) is 0 Å². The molecule has 0 radical (unpaired) electrons. The maximum atomic E-state index is 5.95. The van der Waals surface area contributed by atoms with Crippen LogP contribution in [-0.4, -0.2) is 17.1 Å². The minimum atomic E-state index is 0.422. The molecule has 3 N–H and O–H groups in total. The molecule has 0 fully saturated rings. The second-order valence-electron chi connectivity index (χ2n) is 3.70. The maximum Gasteiger partial charge on any atom is 0.139 e. The zero-order chi connectivity index (χ0) is 13.1. The number of hydrogen-bond donors (Lipinski definition) is 2. The molecule has 0 amide bonds. The van der Waals surface area contributed by atoms with Crippen LogP contribution in [0.15, 0.2) is 24.3 Å². The van der Waals surface area contributed by atoms with Crippen molar-refractivity contribution in [1.82, 2.24) is 9.97 Å².